The van der Waals surface area contributed by atoms with Gasteiger partial charge in [-0.15, -0.1) is 0 Å². The van der Waals surface area contributed by atoms with E-state index in [1.807, 2.05) is 0 Å². The van der Waals surface area contributed by atoms with Gasteiger partial charge in [-0.2, -0.15) is 13.2 Å². The third-order valence-electron chi connectivity index (χ3n) is 2.74. The van der Waals surface area contributed by atoms with Crippen molar-refractivity contribution in [3.63, 3.8) is 0 Å². The van der Waals surface area contributed by atoms with Crippen molar-refractivity contribution in [2.24, 2.45) is 11.7 Å². The summed E-state index contributed by atoms with van der Waals surface area (Å²) >= 11 is 2.83. The van der Waals surface area contributed by atoms with E-state index in [4.69, 9.17) is 5.73 Å². The van der Waals surface area contributed by atoms with Gasteiger partial charge in [0.05, 0.1) is 11.5 Å². The van der Waals surface area contributed by atoms with Crippen LogP contribution in [-0.2, 0) is 11.0 Å². The van der Waals surface area contributed by atoms with Crippen molar-refractivity contribution in [1.82, 2.24) is 0 Å². The van der Waals surface area contributed by atoms with Crippen molar-refractivity contribution >= 4 is 27.5 Å². The molecule has 2 atom stereocenters. The predicted octanol–water partition coefficient (Wildman–Crippen LogP) is 3.39. The molecule has 0 heterocycles. The quantitative estimate of drug-likeness (QED) is 0.887. The van der Waals surface area contributed by atoms with Crippen LogP contribution >= 0.6 is 15.9 Å². The van der Waals surface area contributed by atoms with E-state index in [0.29, 0.717) is 0 Å². The highest BCUT2D eigenvalue weighted by Crippen LogP contribution is 2.36. The average Bonchev–Trinajstić information content (AvgIpc) is 2.28. The molecule has 0 spiro atoms. The normalized spacial score (nSPS) is 14.9. The van der Waals surface area contributed by atoms with Gasteiger partial charge in [0, 0.05) is 16.2 Å². The molecule has 3 N–H and O–H groups in total. The van der Waals surface area contributed by atoms with E-state index in [0.717, 1.165) is 6.07 Å². The number of hydrogen-bond donors (Lipinski definition) is 2. The zero-order valence-electron chi connectivity index (χ0n) is 10.4. The molecule has 1 amide bonds. The fraction of sp³-hybridized carbons (Fsp3) is 0.417. The first kappa shape index (κ1) is 16.0. The maximum Gasteiger partial charge on any atom is 0.417 e. The topological polar surface area (TPSA) is 55.1 Å². The number of halogens is 4. The van der Waals surface area contributed by atoms with Crippen molar-refractivity contribution in [2.75, 3.05) is 5.32 Å². The van der Waals surface area contributed by atoms with Crippen LogP contribution < -0.4 is 11.1 Å². The number of carbonyl (C=O) groups excluding carboxylic acids is 1. The van der Waals surface area contributed by atoms with Gasteiger partial charge in [0.1, 0.15) is 0 Å². The highest BCUT2D eigenvalue weighted by molar-refractivity contribution is 9.10. The van der Waals surface area contributed by atoms with Gasteiger partial charge in [-0.3, -0.25) is 4.79 Å². The first-order valence-corrected chi connectivity index (χ1v) is 6.35. The van der Waals surface area contributed by atoms with Crippen molar-refractivity contribution < 1.29 is 18.0 Å². The Bertz CT molecular complexity index is 475. The van der Waals surface area contributed by atoms with Crippen LogP contribution in [0.15, 0.2) is 22.7 Å². The van der Waals surface area contributed by atoms with Crippen LogP contribution in [0.25, 0.3) is 0 Å². The molecule has 3 nitrogen and oxygen atoms in total. The molecule has 0 aliphatic rings. The van der Waals surface area contributed by atoms with Crippen molar-refractivity contribution in [3.8, 4) is 0 Å². The third-order valence-corrected chi connectivity index (χ3v) is 3.43. The number of benzene rings is 1. The molecule has 0 saturated carbocycles. The Hall–Kier alpha value is -1.08. The van der Waals surface area contributed by atoms with Gasteiger partial charge in [-0.1, -0.05) is 22.9 Å². The molecule has 1 rings (SSSR count). The fourth-order valence-corrected chi connectivity index (χ4v) is 1.79. The maximum atomic E-state index is 12.7. The standard InChI is InChI=1S/C12H14BrF3N2O/c1-6(7(2)17)11(19)18-8-3-4-10(13)9(5-8)12(14,15)16/h3-7H,17H2,1-2H3,(H,18,19). The molecule has 1 aromatic carbocycles. The molecule has 1 aromatic rings. The molecule has 0 bridgehead atoms. The SMILES string of the molecule is CC(N)C(C)C(=O)Nc1ccc(Br)c(C(F)(F)F)c1. The fourth-order valence-electron chi connectivity index (χ4n) is 1.32. The number of nitrogens with two attached hydrogens (primary N) is 1. The lowest BCUT2D eigenvalue weighted by atomic mass is 10.0. The lowest BCUT2D eigenvalue weighted by molar-refractivity contribution is -0.138. The van der Waals surface area contributed by atoms with Crippen LogP contribution in [0.4, 0.5) is 18.9 Å². The Labute approximate surface area is 117 Å². The predicted molar refractivity (Wildman–Crippen MR) is 70.6 cm³/mol. The highest BCUT2D eigenvalue weighted by Gasteiger charge is 2.33. The van der Waals surface area contributed by atoms with Gasteiger partial charge >= 0.3 is 6.18 Å². The molecular formula is C12H14BrF3N2O. The van der Waals surface area contributed by atoms with Crippen molar-refractivity contribution in [2.45, 2.75) is 26.1 Å². The number of hydrogen-bond acceptors (Lipinski definition) is 2. The maximum absolute atomic E-state index is 12.7. The summed E-state index contributed by atoms with van der Waals surface area (Å²) in [5.41, 5.74) is 4.82. The summed E-state index contributed by atoms with van der Waals surface area (Å²) in [5, 5.41) is 2.42. The molecule has 0 aliphatic heterocycles. The van der Waals surface area contributed by atoms with Gasteiger partial charge < -0.3 is 11.1 Å². The van der Waals surface area contributed by atoms with Crippen molar-refractivity contribution in [3.05, 3.63) is 28.2 Å². The monoisotopic (exact) mass is 338 g/mol. The van der Waals surface area contributed by atoms with Crippen LogP contribution in [-0.4, -0.2) is 11.9 Å². The van der Waals surface area contributed by atoms with E-state index in [1.165, 1.54) is 12.1 Å². The van der Waals surface area contributed by atoms with E-state index in [2.05, 4.69) is 21.2 Å². The van der Waals surface area contributed by atoms with E-state index in [9.17, 15) is 18.0 Å². The first-order chi connectivity index (χ1) is 8.62. The van der Waals surface area contributed by atoms with E-state index in [-0.39, 0.29) is 16.2 Å². The molecule has 0 saturated heterocycles. The second-order valence-corrected chi connectivity index (χ2v) is 5.18. The van der Waals surface area contributed by atoms with Gasteiger partial charge in [0.15, 0.2) is 0 Å². The molecule has 7 heteroatoms. The van der Waals surface area contributed by atoms with Gasteiger partial charge in [0.2, 0.25) is 5.91 Å². The molecule has 0 aliphatic carbocycles. The molecule has 0 radical (unpaired) electrons. The number of rotatable bonds is 3. The van der Waals surface area contributed by atoms with Crippen LogP contribution in [0.1, 0.15) is 19.4 Å². The zero-order valence-corrected chi connectivity index (χ0v) is 12.0. The summed E-state index contributed by atoms with van der Waals surface area (Å²) in [7, 11) is 0. The summed E-state index contributed by atoms with van der Waals surface area (Å²) in [5.74, 6) is -0.900. The Morgan fingerprint density at radius 3 is 2.42 bits per heavy atom. The second-order valence-electron chi connectivity index (χ2n) is 4.33. The number of alkyl halides is 3. The zero-order chi connectivity index (χ0) is 14.8. The summed E-state index contributed by atoms with van der Waals surface area (Å²) in [4.78, 5) is 11.7. The largest absolute Gasteiger partial charge is 0.417 e. The van der Waals surface area contributed by atoms with Gasteiger partial charge in [-0.25, -0.2) is 0 Å². The molecule has 0 aromatic heterocycles. The van der Waals surface area contributed by atoms with Crippen LogP contribution in [0.5, 0.6) is 0 Å². The first-order valence-electron chi connectivity index (χ1n) is 5.56. The summed E-state index contributed by atoms with van der Waals surface area (Å²) in [6.45, 7) is 3.27. The molecular weight excluding hydrogens is 325 g/mol. The Morgan fingerprint density at radius 1 is 1.37 bits per heavy atom. The summed E-state index contributed by atoms with van der Waals surface area (Å²) in [6.07, 6.45) is -4.48. The Kier molecular flexibility index (Phi) is 4.98. The van der Waals surface area contributed by atoms with Crippen LogP contribution in [0.3, 0.4) is 0 Å². The second kappa shape index (κ2) is 5.92. The molecule has 2 unspecified atom stereocenters. The lowest BCUT2D eigenvalue weighted by Gasteiger charge is -2.16. The minimum Gasteiger partial charge on any atom is -0.327 e. The Balaban J connectivity index is 2.95. The van der Waals surface area contributed by atoms with Gasteiger partial charge in [-0.05, 0) is 25.1 Å². The van der Waals surface area contributed by atoms with Crippen LogP contribution in [0, 0.1) is 5.92 Å². The number of nitrogens with one attached hydrogen (secondary N) is 1. The van der Waals surface area contributed by atoms with Crippen LogP contribution in [0.2, 0.25) is 0 Å². The van der Waals surface area contributed by atoms with Crippen molar-refractivity contribution in [1.29, 1.82) is 0 Å². The number of anilines is 1. The molecule has 0 fully saturated rings. The molecule has 19 heavy (non-hydrogen) atoms. The number of amides is 1. The average molecular weight is 339 g/mol. The summed E-state index contributed by atoms with van der Waals surface area (Å²) in [6, 6.07) is 3.15. The summed E-state index contributed by atoms with van der Waals surface area (Å²) < 4.78 is 38.0. The third kappa shape index (κ3) is 4.21. The number of carbonyl (C=O) groups is 1. The lowest BCUT2D eigenvalue weighted by Crippen LogP contribution is -2.34. The van der Waals surface area contributed by atoms with E-state index >= 15 is 0 Å². The highest BCUT2D eigenvalue weighted by atomic mass is 79.9. The van der Waals surface area contributed by atoms with E-state index < -0.39 is 23.6 Å². The minimum atomic E-state index is -4.48. The van der Waals surface area contributed by atoms with Gasteiger partial charge in [0.25, 0.3) is 0 Å². The minimum absolute atomic E-state index is 0.0711. The Morgan fingerprint density at radius 2 is 1.95 bits per heavy atom. The molecule has 106 valence electrons. The van der Waals surface area contributed by atoms with E-state index in [1.54, 1.807) is 13.8 Å². The smallest absolute Gasteiger partial charge is 0.327 e.